The van der Waals surface area contributed by atoms with Crippen molar-refractivity contribution in [2.24, 2.45) is 11.8 Å². The largest absolute Gasteiger partial charge is 1.00 e. The molecule has 0 N–H and O–H groups in total. The quantitative estimate of drug-likeness (QED) is 0.165. The fourth-order valence-corrected chi connectivity index (χ4v) is 8.96. The van der Waals surface area contributed by atoms with E-state index in [1.165, 1.54) is 63.7 Å². The van der Waals surface area contributed by atoms with Gasteiger partial charge in [-0.1, -0.05) is 80.2 Å². The standard InChI is InChI=1S/C36H68N10.2Cu/c1-27-20-31(5)43(37-27)16-12-41(13-17-44-32(6)21-28(2)38-44)25-35-10-9-11-36(24-35)26-42(14-18-45-33(7)22-29(3)39-45)15-19-46-34(8)23-30(4)40-46;;/h20,27-30,32-36H,9-19,21-26H2,1-8H3;;/q-4;2*+1. The summed E-state index contributed by atoms with van der Waals surface area (Å²) in [5, 5.41) is 9.37. The van der Waals surface area contributed by atoms with E-state index >= 15 is 0 Å². The van der Waals surface area contributed by atoms with Crippen molar-refractivity contribution in [2.45, 2.75) is 143 Å². The third-order valence-electron chi connectivity index (χ3n) is 11.3. The molecule has 9 unspecified atom stereocenters. The predicted molar refractivity (Wildman–Crippen MR) is 192 cm³/mol. The molecule has 0 aromatic heterocycles. The molecule has 286 valence electrons. The minimum absolute atomic E-state index is 0. The fraction of sp³-hybridized carbons (Fsp3) is 0.944. The third kappa shape index (κ3) is 12.7. The van der Waals surface area contributed by atoms with Crippen LogP contribution < -0.4 is 0 Å². The third-order valence-corrected chi connectivity index (χ3v) is 11.3. The molecule has 12 heteroatoms. The first kappa shape index (κ1) is 42.6. The molecular weight excluding hydrogens is 700 g/mol. The molecule has 4 fully saturated rings. The summed E-state index contributed by atoms with van der Waals surface area (Å²) in [5.74, 6) is 1.54. The Kier molecular flexibility index (Phi) is 18.2. The summed E-state index contributed by atoms with van der Waals surface area (Å²) in [6, 6.07) is 3.37. The van der Waals surface area contributed by atoms with Crippen molar-refractivity contribution >= 4 is 0 Å². The van der Waals surface area contributed by atoms with Crippen LogP contribution >= 0.6 is 0 Å². The van der Waals surface area contributed by atoms with Gasteiger partial charge in [0.15, 0.2) is 0 Å². The van der Waals surface area contributed by atoms with Crippen molar-refractivity contribution < 1.29 is 34.1 Å². The summed E-state index contributed by atoms with van der Waals surface area (Å²) in [6.07, 6.45) is 11.3. The van der Waals surface area contributed by atoms with Crippen LogP contribution in [-0.2, 0) is 34.1 Å². The van der Waals surface area contributed by atoms with Gasteiger partial charge >= 0.3 is 34.1 Å². The Hall–Kier alpha value is 0.219. The van der Waals surface area contributed by atoms with Gasteiger partial charge in [0.2, 0.25) is 0 Å². The summed E-state index contributed by atoms with van der Waals surface area (Å²) < 4.78 is 0. The van der Waals surface area contributed by atoms with Gasteiger partial charge in [0.05, 0.1) is 0 Å². The zero-order chi connectivity index (χ0) is 32.8. The number of hydrogen-bond donors (Lipinski definition) is 0. The first-order valence-corrected chi connectivity index (χ1v) is 19.1. The molecule has 0 aromatic carbocycles. The Morgan fingerprint density at radius 3 is 1.31 bits per heavy atom. The van der Waals surface area contributed by atoms with Gasteiger partial charge in [-0.2, -0.15) is 0 Å². The second-order valence-electron chi connectivity index (χ2n) is 15.9. The van der Waals surface area contributed by atoms with Crippen LogP contribution in [0.4, 0.5) is 0 Å². The molecule has 48 heavy (non-hydrogen) atoms. The molecule has 4 aliphatic heterocycles. The maximum absolute atomic E-state index is 4.95. The molecule has 0 radical (unpaired) electrons. The van der Waals surface area contributed by atoms with E-state index in [0.29, 0.717) is 42.3 Å². The fourth-order valence-electron chi connectivity index (χ4n) is 8.96. The normalized spacial score (nSPS) is 35.1. The Morgan fingerprint density at radius 1 is 0.583 bits per heavy atom. The summed E-state index contributed by atoms with van der Waals surface area (Å²) in [5.41, 5.74) is 21.0. The van der Waals surface area contributed by atoms with Crippen LogP contribution in [0.15, 0.2) is 11.8 Å². The van der Waals surface area contributed by atoms with Crippen LogP contribution in [0.1, 0.15) is 100 Å². The maximum atomic E-state index is 4.95. The van der Waals surface area contributed by atoms with Crippen molar-refractivity contribution in [3.63, 3.8) is 0 Å². The molecule has 0 bridgehead atoms. The zero-order valence-electron chi connectivity index (χ0n) is 31.4. The summed E-state index contributed by atoms with van der Waals surface area (Å²) in [7, 11) is 0. The van der Waals surface area contributed by atoms with Gasteiger partial charge in [0, 0.05) is 45.8 Å². The maximum Gasteiger partial charge on any atom is 1.00 e. The Bertz CT molecular complexity index is 932. The Labute approximate surface area is 316 Å². The molecule has 0 amide bonds. The topological polar surface area (TPSA) is 75.8 Å². The van der Waals surface area contributed by atoms with Crippen molar-refractivity contribution in [2.75, 3.05) is 65.4 Å². The van der Waals surface area contributed by atoms with E-state index in [-0.39, 0.29) is 34.1 Å². The molecular formula is C36H68Cu2N10-2. The minimum Gasteiger partial charge on any atom is -0.592 e. The first-order chi connectivity index (χ1) is 22.0. The molecule has 1 aliphatic carbocycles. The van der Waals surface area contributed by atoms with E-state index < -0.39 is 0 Å². The van der Waals surface area contributed by atoms with Crippen LogP contribution in [0.5, 0.6) is 0 Å². The second-order valence-corrected chi connectivity index (χ2v) is 15.9. The van der Waals surface area contributed by atoms with E-state index in [0.717, 1.165) is 64.2 Å². The number of nitrogens with zero attached hydrogens (tertiary/aromatic N) is 10. The molecule has 10 nitrogen and oxygen atoms in total. The van der Waals surface area contributed by atoms with Gasteiger partial charge in [-0.15, -0.1) is 24.2 Å². The minimum atomic E-state index is 0. The van der Waals surface area contributed by atoms with E-state index in [1.807, 2.05) is 0 Å². The molecule has 5 rings (SSSR count). The molecule has 5 aliphatic rings. The molecule has 3 saturated heterocycles. The summed E-state index contributed by atoms with van der Waals surface area (Å²) >= 11 is 0. The van der Waals surface area contributed by atoms with Crippen molar-refractivity contribution in [3.05, 3.63) is 33.5 Å². The van der Waals surface area contributed by atoms with Crippen molar-refractivity contribution in [1.82, 2.24) is 29.8 Å². The smallest absolute Gasteiger partial charge is 0.592 e. The Balaban J connectivity index is 0.00000312. The van der Waals surface area contributed by atoms with Crippen LogP contribution in [0, 0.1) is 11.8 Å². The second kappa shape index (κ2) is 20.5. The number of allylic oxidation sites excluding steroid dienone is 1. The average molecular weight is 768 g/mol. The van der Waals surface area contributed by atoms with Gasteiger partial charge in [-0.3, -0.25) is 0 Å². The van der Waals surface area contributed by atoms with E-state index in [1.54, 1.807) is 0 Å². The van der Waals surface area contributed by atoms with E-state index in [4.69, 9.17) is 21.7 Å². The van der Waals surface area contributed by atoms with Gasteiger partial charge in [-0.05, 0) is 81.5 Å². The molecule has 9 atom stereocenters. The van der Waals surface area contributed by atoms with Crippen LogP contribution in [0.3, 0.4) is 0 Å². The van der Waals surface area contributed by atoms with Crippen molar-refractivity contribution in [1.29, 1.82) is 0 Å². The first-order valence-electron chi connectivity index (χ1n) is 19.1. The van der Waals surface area contributed by atoms with E-state index in [9.17, 15) is 0 Å². The monoisotopic (exact) mass is 766 g/mol. The number of hydrogen-bond acceptors (Lipinski definition) is 6. The molecule has 4 heterocycles. The van der Waals surface area contributed by atoms with Crippen LogP contribution in [0.25, 0.3) is 21.7 Å². The molecule has 0 aromatic rings. The van der Waals surface area contributed by atoms with Crippen LogP contribution in [-0.4, -0.2) is 138 Å². The number of rotatable bonds is 16. The van der Waals surface area contributed by atoms with Gasteiger partial charge in [-0.25, -0.2) is 0 Å². The van der Waals surface area contributed by atoms with Gasteiger partial charge in [0.1, 0.15) is 0 Å². The summed E-state index contributed by atoms with van der Waals surface area (Å²) in [6.45, 7) is 29.1. The molecule has 0 spiro atoms. The SMILES string of the molecule is CC1=CC(C)[N-]N1CCN(CCN1[N-]C(C)CC1C)CC1CCCC(CN(CCN2[N-]C(C)CC2C)CCN2[N-]C(C)CC2C)C1.[Cu+].[Cu+]. The van der Waals surface area contributed by atoms with Crippen molar-refractivity contribution in [3.8, 4) is 0 Å². The predicted octanol–water partition coefficient (Wildman–Crippen LogP) is 6.60. The van der Waals surface area contributed by atoms with Gasteiger partial charge < -0.3 is 51.5 Å². The van der Waals surface area contributed by atoms with Gasteiger partial charge in [0.25, 0.3) is 0 Å². The zero-order valence-corrected chi connectivity index (χ0v) is 33.3. The van der Waals surface area contributed by atoms with E-state index in [2.05, 4.69) is 91.3 Å². The summed E-state index contributed by atoms with van der Waals surface area (Å²) in [4.78, 5) is 5.51. The van der Waals surface area contributed by atoms with Crippen LogP contribution in [0.2, 0.25) is 0 Å². The Morgan fingerprint density at radius 2 is 0.979 bits per heavy atom. The average Bonchev–Trinajstić information content (AvgIpc) is 3.71. The molecule has 1 saturated carbocycles.